The van der Waals surface area contributed by atoms with E-state index in [-0.39, 0.29) is 11.8 Å². The number of carbonyl (C=O) groups excluding carboxylic acids is 2. The van der Waals surface area contributed by atoms with Crippen molar-refractivity contribution >= 4 is 17.5 Å². The molecule has 0 radical (unpaired) electrons. The number of anilines is 1. The molecule has 0 saturated carbocycles. The molecule has 2 aliphatic rings. The molecule has 18 heavy (non-hydrogen) atoms. The number of nitrogens with zero attached hydrogens (tertiary/aromatic N) is 1. The predicted molar refractivity (Wildman–Crippen MR) is 66.2 cm³/mol. The van der Waals surface area contributed by atoms with E-state index in [2.05, 4.69) is 5.32 Å². The molecule has 2 aliphatic heterocycles. The number of nitrogens with two attached hydrogens (primary N) is 1. The predicted octanol–water partition coefficient (Wildman–Crippen LogP) is 0.976. The summed E-state index contributed by atoms with van der Waals surface area (Å²) in [6.07, 6.45) is 2.65. The van der Waals surface area contributed by atoms with Gasteiger partial charge in [0.15, 0.2) is 0 Å². The molecule has 0 fully saturated rings. The number of nitrogen functional groups attached to an aromatic ring is 1. The number of fused-ring (bicyclic) bond motifs is 1. The maximum Gasteiger partial charge on any atom is 0.258 e. The highest BCUT2D eigenvalue weighted by Gasteiger charge is 2.30. The van der Waals surface area contributed by atoms with Crippen LogP contribution in [0, 0.1) is 0 Å². The van der Waals surface area contributed by atoms with Crippen molar-refractivity contribution in [2.75, 3.05) is 5.73 Å². The lowest BCUT2D eigenvalue weighted by molar-refractivity contribution is -0.120. The van der Waals surface area contributed by atoms with E-state index in [0.717, 1.165) is 11.3 Å². The molecular formula is C13H13N3O2. The molecule has 3 N–H and O–H groups in total. The first-order chi connectivity index (χ1) is 8.65. The Balaban J connectivity index is 1.91. The third-order valence-electron chi connectivity index (χ3n) is 3.29. The molecule has 92 valence electrons. The Hall–Kier alpha value is -2.30. The summed E-state index contributed by atoms with van der Waals surface area (Å²) in [6.45, 7) is 0.552. The molecule has 0 saturated heterocycles. The van der Waals surface area contributed by atoms with E-state index in [1.54, 1.807) is 23.2 Å². The van der Waals surface area contributed by atoms with Gasteiger partial charge in [-0.2, -0.15) is 0 Å². The van der Waals surface area contributed by atoms with Crippen molar-refractivity contribution in [1.29, 1.82) is 0 Å². The van der Waals surface area contributed by atoms with E-state index < -0.39 is 0 Å². The molecule has 5 nitrogen and oxygen atoms in total. The van der Waals surface area contributed by atoms with Crippen LogP contribution in [0.1, 0.15) is 28.8 Å². The Bertz CT molecular complexity index is 578. The molecule has 1 aromatic rings. The van der Waals surface area contributed by atoms with E-state index in [9.17, 15) is 9.59 Å². The van der Waals surface area contributed by atoms with Crippen LogP contribution in [0.15, 0.2) is 30.1 Å². The number of carbonyl (C=O) groups is 2. The van der Waals surface area contributed by atoms with E-state index in [0.29, 0.717) is 30.6 Å². The fourth-order valence-electron chi connectivity index (χ4n) is 2.31. The molecule has 0 aliphatic carbocycles. The highest BCUT2D eigenvalue weighted by atomic mass is 16.2. The van der Waals surface area contributed by atoms with Crippen LogP contribution in [-0.2, 0) is 11.3 Å². The van der Waals surface area contributed by atoms with Crippen LogP contribution in [-0.4, -0.2) is 16.7 Å². The maximum atomic E-state index is 12.2. The summed E-state index contributed by atoms with van der Waals surface area (Å²) in [6, 6.07) is 5.39. The van der Waals surface area contributed by atoms with Gasteiger partial charge in [0.05, 0.1) is 6.54 Å². The van der Waals surface area contributed by atoms with Gasteiger partial charge in [0, 0.05) is 29.6 Å². The highest BCUT2D eigenvalue weighted by molar-refractivity contribution is 6.00. The standard InChI is InChI=1S/C13H13N3O2/c14-9-2-1-8-7-16(13(18)11(8)5-9)10-3-4-12(17)15-6-10/h1-2,5-6H,3-4,7,14H2,(H,15,17). The molecule has 0 spiro atoms. The zero-order chi connectivity index (χ0) is 12.7. The third-order valence-corrected chi connectivity index (χ3v) is 3.29. The van der Waals surface area contributed by atoms with Gasteiger partial charge in [-0.1, -0.05) is 6.07 Å². The number of rotatable bonds is 1. The number of benzene rings is 1. The topological polar surface area (TPSA) is 75.4 Å². The zero-order valence-electron chi connectivity index (χ0n) is 9.77. The second-order valence-electron chi connectivity index (χ2n) is 4.51. The van der Waals surface area contributed by atoms with Crippen LogP contribution < -0.4 is 11.1 Å². The van der Waals surface area contributed by atoms with E-state index in [1.165, 1.54) is 0 Å². The first kappa shape index (κ1) is 10.8. The van der Waals surface area contributed by atoms with Crippen molar-refractivity contribution in [2.24, 2.45) is 0 Å². The van der Waals surface area contributed by atoms with Gasteiger partial charge in [-0.05, 0) is 24.1 Å². The highest BCUT2D eigenvalue weighted by Crippen LogP contribution is 2.29. The smallest absolute Gasteiger partial charge is 0.258 e. The SMILES string of the molecule is Nc1ccc2c(c1)C(=O)N(C1=CNC(=O)CC1)C2. The molecule has 0 aromatic heterocycles. The van der Waals surface area contributed by atoms with Gasteiger partial charge in [-0.25, -0.2) is 0 Å². The molecule has 1 aromatic carbocycles. The van der Waals surface area contributed by atoms with Gasteiger partial charge in [-0.3, -0.25) is 9.59 Å². The molecule has 2 heterocycles. The summed E-state index contributed by atoms with van der Waals surface area (Å²) in [4.78, 5) is 25.0. The minimum absolute atomic E-state index is 0.00726. The average Bonchev–Trinajstić information content (AvgIpc) is 2.68. The lowest BCUT2D eigenvalue weighted by Gasteiger charge is -2.22. The van der Waals surface area contributed by atoms with Crippen LogP contribution in [0.25, 0.3) is 0 Å². The molecule has 0 unspecified atom stereocenters. The van der Waals surface area contributed by atoms with Crippen molar-refractivity contribution in [1.82, 2.24) is 10.2 Å². The van der Waals surface area contributed by atoms with Crippen LogP contribution in [0.2, 0.25) is 0 Å². The third kappa shape index (κ3) is 1.64. The van der Waals surface area contributed by atoms with Gasteiger partial charge in [0.1, 0.15) is 0 Å². The summed E-state index contributed by atoms with van der Waals surface area (Å²) < 4.78 is 0. The molecule has 5 heteroatoms. The lowest BCUT2D eigenvalue weighted by atomic mass is 10.1. The fourth-order valence-corrected chi connectivity index (χ4v) is 2.31. The minimum Gasteiger partial charge on any atom is -0.399 e. The fraction of sp³-hybridized carbons (Fsp3) is 0.231. The second kappa shape index (κ2) is 3.87. The Labute approximate surface area is 104 Å². The Morgan fingerprint density at radius 2 is 2.06 bits per heavy atom. The van der Waals surface area contributed by atoms with Crippen molar-refractivity contribution in [3.05, 3.63) is 41.2 Å². The van der Waals surface area contributed by atoms with Crippen molar-refractivity contribution < 1.29 is 9.59 Å². The summed E-state index contributed by atoms with van der Waals surface area (Å²) in [5.74, 6) is -0.0492. The van der Waals surface area contributed by atoms with Crippen LogP contribution in [0.5, 0.6) is 0 Å². The van der Waals surface area contributed by atoms with Gasteiger partial charge < -0.3 is 16.0 Å². The molecule has 0 bridgehead atoms. The lowest BCUT2D eigenvalue weighted by Crippen LogP contribution is -2.30. The Morgan fingerprint density at radius 3 is 2.78 bits per heavy atom. The Morgan fingerprint density at radius 1 is 1.22 bits per heavy atom. The summed E-state index contributed by atoms with van der Waals surface area (Å²) >= 11 is 0. The normalized spacial score (nSPS) is 18.4. The average molecular weight is 243 g/mol. The van der Waals surface area contributed by atoms with Crippen molar-refractivity contribution in [3.63, 3.8) is 0 Å². The number of amides is 2. The Kier molecular flexibility index (Phi) is 2.33. The largest absolute Gasteiger partial charge is 0.399 e. The zero-order valence-corrected chi connectivity index (χ0v) is 9.77. The minimum atomic E-state index is -0.0419. The number of hydrogen-bond donors (Lipinski definition) is 2. The summed E-state index contributed by atoms with van der Waals surface area (Å²) in [7, 11) is 0. The van der Waals surface area contributed by atoms with Crippen molar-refractivity contribution in [2.45, 2.75) is 19.4 Å². The van der Waals surface area contributed by atoms with Crippen LogP contribution in [0.3, 0.4) is 0 Å². The van der Waals surface area contributed by atoms with Crippen molar-refractivity contribution in [3.8, 4) is 0 Å². The van der Waals surface area contributed by atoms with E-state index in [1.807, 2.05) is 6.07 Å². The van der Waals surface area contributed by atoms with Crippen LogP contribution >= 0.6 is 0 Å². The van der Waals surface area contributed by atoms with E-state index >= 15 is 0 Å². The summed E-state index contributed by atoms with van der Waals surface area (Å²) in [5.41, 5.74) is 8.78. The number of hydrogen-bond acceptors (Lipinski definition) is 3. The van der Waals surface area contributed by atoms with Gasteiger partial charge in [0.25, 0.3) is 5.91 Å². The monoisotopic (exact) mass is 243 g/mol. The van der Waals surface area contributed by atoms with Gasteiger partial charge in [0.2, 0.25) is 5.91 Å². The molecular weight excluding hydrogens is 230 g/mol. The van der Waals surface area contributed by atoms with Gasteiger partial charge >= 0.3 is 0 Å². The number of allylic oxidation sites excluding steroid dienone is 1. The summed E-state index contributed by atoms with van der Waals surface area (Å²) in [5, 5.41) is 2.65. The first-order valence-corrected chi connectivity index (χ1v) is 5.84. The maximum absolute atomic E-state index is 12.2. The number of nitrogens with one attached hydrogen (secondary N) is 1. The van der Waals surface area contributed by atoms with Gasteiger partial charge in [-0.15, -0.1) is 0 Å². The second-order valence-corrected chi connectivity index (χ2v) is 4.51. The molecule has 0 atom stereocenters. The van der Waals surface area contributed by atoms with Crippen LogP contribution in [0.4, 0.5) is 5.69 Å². The molecule has 2 amide bonds. The first-order valence-electron chi connectivity index (χ1n) is 5.84. The quantitative estimate of drug-likeness (QED) is 0.722. The molecule has 3 rings (SSSR count). The van der Waals surface area contributed by atoms with E-state index in [4.69, 9.17) is 5.73 Å².